The van der Waals surface area contributed by atoms with E-state index >= 15 is 0 Å². The molecule has 0 saturated heterocycles. The summed E-state index contributed by atoms with van der Waals surface area (Å²) in [5.41, 5.74) is 1.96. The van der Waals surface area contributed by atoms with Crippen molar-refractivity contribution in [3.63, 3.8) is 0 Å². The molecule has 2 heterocycles. The second-order valence-corrected chi connectivity index (χ2v) is 4.55. The minimum absolute atomic E-state index is 0.362. The molecule has 0 aliphatic carbocycles. The summed E-state index contributed by atoms with van der Waals surface area (Å²) in [6, 6.07) is 4.28. The number of aromatic nitrogens is 3. The molecule has 0 radical (unpaired) electrons. The van der Waals surface area contributed by atoms with Gasteiger partial charge in [-0.05, 0) is 37.2 Å². The van der Waals surface area contributed by atoms with E-state index in [1.165, 1.54) is 0 Å². The predicted molar refractivity (Wildman–Crippen MR) is 64.5 cm³/mol. The molecule has 15 heavy (non-hydrogen) atoms. The van der Waals surface area contributed by atoms with Crippen LogP contribution in [0, 0.1) is 10.7 Å². The van der Waals surface area contributed by atoms with Crippen molar-refractivity contribution in [2.75, 3.05) is 0 Å². The fourth-order valence-corrected chi connectivity index (χ4v) is 2.00. The lowest BCUT2D eigenvalue weighted by Crippen LogP contribution is -2.11. The number of nitrogens with zero attached hydrogens (tertiary/aromatic N) is 2. The molecule has 4 heteroatoms. The largest absolute Gasteiger partial charge is 0.329 e. The summed E-state index contributed by atoms with van der Waals surface area (Å²) in [5, 5.41) is 0. The van der Waals surface area contributed by atoms with E-state index in [9.17, 15) is 0 Å². The zero-order valence-corrected chi connectivity index (χ0v) is 10.0. The zero-order valence-electron chi connectivity index (χ0n) is 9.19. The maximum atomic E-state index is 5.32. The third-order valence-corrected chi connectivity index (χ3v) is 3.15. The lowest BCUT2D eigenvalue weighted by atomic mass is 10.1. The van der Waals surface area contributed by atoms with E-state index in [1.807, 2.05) is 12.1 Å². The van der Waals surface area contributed by atoms with Gasteiger partial charge in [0.2, 0.25) is 0 Å². The summed E-state index contributed by atoms with van der Waals surface area (Å²) < 4.78 is 2.85. The molecule has 0 fully saturated rings. The summed E-state index contributed by atoms with van der Waals surface area (Å²) >= 11 is 5.32. The number of imidazole rings is 1. The molecule has 2 rings (SSSR count). The molecule has 0 spiro atoms. The van der Waals surface area contributed by atoms with E-state index in [1.54, 1.807) is 6.20 Å². The fourth-order valence-electron chi connectivity index (χ4n) is 1.63. The lowest BCUT2D eigenvalue weighted by Gasteiger charge is -2.17. The number of pyridine rings is 1. The molecule has 1 atom stereocenters. The van der Waals surface area contributed by atoms with Gasteiger partial charge in [-0.3, -0.25) is 4.57 Å². The van der Waals surface area contributed by atoms with E-state index in [0.29, 0.717) is 12.0 Å². The van der Waals surface area contributed by atoms with Crippen molar-refractivity contribution in [1.29, 1.82) is 0 Å². The van der Waals surface area contributed by atoms with Crippen molar-refractivity contribution in [3.8, 4) is 0 Å². The first-order chi connectivity index (χ1) is 7.11. The Labute approximate surface area is 94.2 Å². The smallest absolute Gasteiger partial charge is 0.179 e. The van der Waals surface area contributed by atoms with Gasteiger partial charge in [0.1, 0.15) is 0 Å². The first kappa shape index (κ1) is 10.4. The first-order valence-electron chi connectivity index (χ1n) is 5.16. The van der Waals surface area contributed by atoms with Crippen molar-refractivity contribution >= 4 is 23.4 Å². The Kier molecular flexibility index (Phi) is 2.61. The van der Waals surface area contributed by atoms with Gasteiger partial charge in [0, 0.05) is 12.2 Å². The highest BCUT2D eigenvalue weighted by atomic mass is 32.1. The predicted octanol–water partition coefficient (Wildman–Crippen LogP) is 3.31. The maximum absolute atomic E-state index is 5.32. The van der Waals surface area contributed by atoms with Gasteiger partial charge >= 0.3 is 0 Å². The van der Waals surface area contributed by atoms with Gasteiger partial charge in [0.15, 0.2) is 10.4 Å². The fraction of sp³-hybridized carbons (Fsp3) is 0.455. The third-order valence-electron chi connectivity index (χ3n) is 2.85. The summed E-state index contributed by atoms with van der Waals surface area (Å²) in [6.45, 7) is 6.55. The monoisotopic (exact) mass is 221 g/mol. The second-order valence-electron chi connectivity index (χ2n) is 4.16. The minimum atomic E-state index is 0.362. The van der Waals surface area contributed by atoms with Gasteiger partial charge < -0.3 is 4.98 Å². The molecule has 2 aromatic heterocycles. The highest BCUT2D eigenvalue weighted by molar-refractivity contribution is 7.71. The average molecular weight is 221 g/mol. The molecule has 1 N–H and O–H groups in total. The number of hydrogen-bond acceptors (Lipinski definition) is 2. The van der Waals surface area contributed by atoms with E-state index in [0.717, 1.165) is 15.9 Å². The maximum Gasteiger partial charge on any atom is 0.179 e. The topological polar surface area (TPSA) is 33.6 Å². The molecule has 3 nitrogen and oxygen atoms in total. The zero-order chi connectivity index (χ0) is 11.0. The van der Waals surface area contributed by atoms with Crippen LogP contribution in [0.25, 0.3) is 11.2 Å². The second kappa shape index (κ2) is 3.77. The van der Waals surface area contributed by atoms with E-state index in [2.05, 4.69) is 35.3 Å². The SMILES string of the molecule is CC(C)C(C)n1c(=S)[nH]c2cccnc21. The van der Waals surface area contributed by atoms with Crippen LogP contribution in [0.1, 0.15) is 26.8 Å². The van der Waals surface area contributed by atoms with Crippen LogP contribution in [0.2, 0.25) is 0 Å². The Bertz CT molecular complexity index is 524. The Balaban J connectivity index is 2.69. The highest BCUT2D eigenvalue weighted by Crippen LogP contribution is 2.22. The first-order valence-corrected chi connectivity index (χ1v) is 5.57. The molecule has 80 valence electrons. The number of hydrogen-bond donors (Lipinski definition) is 1. The van der Waals surface area contributed by atoms with Crippen molar-refractivity contribution in [1.82, 2.24) is 14.5 Å². The molecular weight excluding hydrogens is 206 g/mol. The lowest BCUT2D eigenvalue weighted by molar-refractivity contribution is 0.411. The van der Waals surface area contributed by atoms with Crippen LogP contribution in [0.3, 0.4) is 0 Å². The third kappa shape index (κ3) is 1.69. The summed E-state index contributed by atoms with van der Waals surface area (Å²) in [5.74, 6) is 0.540. The van der Waals surface area contributed by atoms with E-state index < -0.39 is 0 Å². The van der Waals surface area contributed by atoms with Crippen molar-refractivity contribution in [2.45, 2.75) is 26.8 Å². The van der Waals surface area contributed by atoms with Gasteiger partial charge in [-0.25, -0.2) is 4.98 Å². The van der Waals surface area contributed by atoms with Crippen LogP contribution in [0.4, 0.5) is 0 Å². The van der Waals surface area contributed by atoms with Crippen LogP contribution < -0.4 is 0 Å². The molecule has 1 unspecified atom stereocenters. The summed E-state index contributed by atoms with van der Waals surface area (Å²) in [7, 11) is 0. The van der Waals surface area contributed by atoms with Crippen molar-refractivity contribution < 1.29 is 0 Å². The number of fused-ring (bicyclic) bond motifs is 1. The van der Waals surface area contributed by atoms with E-state index in [4.69, 9.17) is 12.2 Å². The number of H-pyrrole nitrogens is 1. The number of rotatable bonds is 2. The van der Waals surface area contributed by atoms with Crippen molar-refractivity contribution in [2.24, 2.45) is 5.92 Å². The molecule has 0 amide bonds. The highest BCUT2D eigenvalue weighted by Gasteiger charge is 2.14. The van der Waals surface area contributed by atoms with Crippen molar-refractivity contribution in [3.05, 3.63) is 23.1 Å². The Morgan fingerprint density at radius 2 is 2.13 bits per heavy atom. The van der Waals surface area contributed by atoms with Crippen LogP contribution >= 0.6 is 12.2 Å². The average Bonchev–Trinajstić information content (AvgIpc) is 2.52. The molecule has 0 aromatic carbocycles. The van der Waals surface area contributed by atoms with Gasteiger partial charge in [-0.1, -0.05) is 13.8 Å². The standard InChI is InChI=1S/C11H15N3S/c1-7(2)8(3)14-10-9(13-11(14)15)5-4-6-12-10/h4-8H,1-3H3,(H,13,15). The van der Waals surface area contributed by atoms with E-state index in [-0.39, 0.29) is 0 Å². The molecule has 0 bridgehead atoms. The molecular formula is C11H15N3S. The minimum Gasteiger partial charge on any atom is -0.329 e. The molecule has 0 aliphatic rings. The van der Waals surface area contributed by atoms with Gasteiger partial charge in [-0.15, -0.1) is 0 Å². The quantitative estimate of drug-likeness (QED) is 0.789. The molecule has 0 saturated carbocycles. The number of aromatic amines is 1. The number of nitrogens with one attached hydrogen (secondary N) is 1. The van der Waals surface area contributed by atoms with Gasteiger partial charge in [-0.2, -0.15) is 0 Å². The molecule has 0 aliphatic heterocycles. The van der Waals surface area contributed by atoms with Crippen LogP contribution in [-0.2, 0) is 0 Å². The van der Waals surface area contributed by atoms with Crippen LogP contribution in [0.15, 0.2) is 18.3 Å². The van der Waals surface area contributed by atoms with Gasteiger partial charge in [0.05, 0.1) is 5.52 Å². The summed E-state index contributed by atoms with van der Waals surface area (Å²) in [6.07, 6.45) is 1.80. The Morgan fingerprint density at radius 1 is 1.40 bits per heavy atom. The van der Waals surface area contributed by atoms with Crippen LogP contribution in [0.5, 0.6) is 0 Å². The molecule has 2 aromatic rings. The normalized spacial score (nSPS) is 13.6. The van der Waals surface area contributed by atoms with Crippen LogP contribution in [-0.4, -0.2) is 14.5 Å². The Hall–Kier alpha value is -1.16. The summed E-state index contributed by atoms with van der Waals surface area (Å²) in [4.78, 5) is 7.55. The Morgan fingerprint density at radius 3 is 2.80 bits per heavy atom. The van der Waals surface area contributed by atoms with Gasteiger partial charge in [0.25, 0.3) is 0 Å².